The summed E-state index contributed by atoms with van der Waals surface area (Å²) in [5.41, 5.74) is 6.54. The largest absolute Gasteiger partial charge is 0.394 e. The topological polar surface area (TPSA) is 154 Å². The number of nitrogens with zero attached hydrogens (tertiary/aromatic N) is 2. The number of aromatic nitrogens is 2. The zero-order chi connectivity index (χ0) is 20.5. The monoisotopic (exact) mass is 411 g/mol. The normalized spacial score (nSPS) is 25.1. The van der Waals surface area contributed by atoms with Crippen LogP contribution >= 0.6 is 0 Å². The van der Waals surface area contributed by atoms with E-state index in [1.54, 1.807) is 0 Å². The molecule has 1 saturated heterocycles. The van der Waals surface area contributed by atoms with Gasteiger partial charge in [0.05, 0.1) is 12.9 Å². The van der Waals surface area contributed by atoms with Gasteiger partial charge in [0.15, 0.2) is 6.23 Å². The van der Waals surface area contributed by atoms with Gasteiger partial charge >= 0.3 is 5.69 Å². The molecule has 3 rings (SSSR count). The van der Waals surface area contributed by atoms with Crippen molar-refractivity contribution in [1.29, 1.82) is 0 Å². The fourth-order valence-electron chi connectivity index (χ4n) is 3.07. The molecule has 11 heteroatoms. The molecule has 28 heavy (non-hydrogen) atoms. The van der Waals surface area contributed by atoms with Crippen molar-refractivity contribution in [1.82, 2.24) is 9.55 Å². The Kier molecular flexibility index (Phi) is 5.82. The van der Waals surface area contributed by atoms with Crippen LogP contribution < -0.4 is 11.4 Å². The molecule has 0 aliphatic carbocycles. The fourth-order valence-corrected chi connectivity index (χ4v) is 3.71. The molecule has 1 aliphatic heterocycles. The molecule has 1 fully saturated rings. The molecule has 2 heterocycles. The summed E-state index contributed by atoms with van der Waals surface area (Å²) in [4.78, 5) is 16.1. The third-order valence-corrected chi connectivity index (χ3v) is 4.92. The van der Waals surface area contributed by atoms with E-state index in [-0.39, 0.29) is 5.82 Å². The van der Waals surface area contributed by atoms with Crippen molar-refractivity contribution in [3.05, 3.63) is 58.1 Å². The van der Waals surface area contributed by atoms with Crippen LogP contribution in [0.15, 0.2) is 41.3 Å². The second-order valence-corrected chi connectivity index (χ2v) is 8.11. The van der Waals surface area contributed by atoms with Crippen LogP contribution in [-0.4, -0.2) is 59.4 Å². The molecule has 0 unspecified atom stereocenters. The number of benzene rings is 1. The van der Waals surface area contributed by atoms with Crippen molar-refractivity contribution in [2.24, 2.45) is 0 Å². The minimum atomic E-state index is -3.93. The number of ether oxygens (including phenoxy) is 1. The van der Waals surface area contributed by atoms with E-state index in [2.05, 4.69) is 4.98 Å². The van der Waals surface area contributed by atoms with Gasteiger partial charge in [-0.1, -0.05) is 30.3 Å². The summed E-state index contributed by atoms with van der Waals surface area (Å²) in [6.45, 7) is -0.609. The SMILES string of the molecule is CS(=O)(=O)O[C@@H]1[C@@H](O)[C@H](n2cc(Cc3ccccc3)c(N)nc2=O)O[C@@H]1CO. The molecule has 1 aliphatic rings. The van der Waals surface area contributed by atoms with Crippen LogP contribution in [0.4, 0.5) is 5.82 Å². The van der Waals surface area contributed by atoms with E-state index in [9.17, 15) is 23.4 Å². The number of nitrogens with two attached hydrogens (primary N) is 1. The Morgan fingerprint density at radius 3 is 2.61 bits per heavy atom. The fraction of sp³-hybridized carbons (Fsp3) is 0.412. The quantitative estimate of drug-likeness (QED) is 0.508. The molecule has 0 amide bonds. The first-order valence-electron chi connectivity index (χ1n) is 8.43. The standard InChI is InChI=1S/C17H21N3O7S/c1-28(24,25)27-14-12(9-21)26-16(13(14)22)20-8-11(15(18)19-17(20)23)7-10-5-3-2-4-6-10/h2-6,8,12-14,16,21-22H,7,9H2,1H3,(H2,18,19,23)/t12-,13-,14+,16-/m1/s1. The summed E-state index contributed by atoms with van der Waals surface area (Å²) in [7, 11) is -3.93. The molecule has 1 aromatic carbocycles. The second kappa shape index (κ2) is 7.97. The Morgan fingerprint density at radius 2 is 2.00 bits per heavy atom. The molecule has 152 valence electrons. The van der Waals surface area contributed by atoms with Crippen LogP contribution in [0.3, 0.4) is 0 Å². The van der Waals surface area contributed by atoms with Crippen molar-refractivity contribution >= 4 is 15.9 Å². The Labute approximate surface area is 161 Å². The molecular formula is C17H21N3O7S. The Morgan fingerprint density at radius 1 is 1.32 bits per heavy atom. The molecule has 2 aromatic rings. The molecule has 0 radical (unpaired) electrons. The van der Waals surface area contributed by atoms with Crippen LogP contribution in [0.5, 0.6) is 0 Å². The maximum atomic E-state index is 12.3. The second-order valence-electron chi connectivity index (χ2n) is 6.51. The smallest absolute Gasteiger partial charge is 0.351 e. The van der Waals surface area contributed by atoms with Crippen LogP contribution in [-0.2, 0) is 25.5 Å². The van der Waals surface area contributed by atoms with E-state index in [4.69, 9.17) is 14.7 Å². The highest BCUT2D eigenvalue weighted by atomic mass is 32.2. The number of aliphatic hydroxyl groups is 2. The van der Waals surface area contributed by atoms with Gasteiger partial charge in [-0.25, -0.2) is 4.79 Å². The zero-order valence-corrected chi connectivity index (χ0v) is 15.8. The van der Waals surface area contributed by atoms with Gasteiger partial charge in [0.2, 0.25) is 0 Å². The first-order valence-corrected chi connectivity index (χ1v) is 10.3. The van der Waals surface area contributed by atoms with Crippen molar-refractivity contribution in [2.75, 3.05) is 18.6 Å². The average molecular weight is 411 g/mol. The number of anilines is 1. The molecule has 0 spiro atoms. The minimum absolute atomic E-state index is 0.0419. The summed E-state index contributed by atoms with van der Waals surface area (Å²) in [6.07, 6.45) is -2.73. The minimum Gasteiger partial charge on any atom is -0.394 e. The van der Waals surface area contributed by atoms with Crippen LogP contribution in [0.2, 0.25) is 0 Å². The predicted molar refractivity (Wildman–Crippen MR) is 98.9 cm³/mol. The number of rotatable bonds is 6. The molecule has 0 bridgehead atoms. The maximum Gasteiger partial charge on any atom is 0.351 e. The number of aliphatic hydroxyl groups excluding tert-OH is 2. The molecule has 1 aromatic heterocycles. The third kappa shape index (κ3) is 4.39. The van der Waals surface area contributed by atoms with Crippen molar-refractivity contribution in [3.8, 4) is 0 Å². The van der Waals surface area contributed by atoms with E-state index in [1.165, 1.54) is 6.20 Å². The average Bonchev–Trinajstić information content (AvgIpc) is 2.93. The summed E-state index contributed by atoms with van der Waals surface area (Å²) in [5.74, 6) is 0.0419. The Balaban J connectivity index is 1.94. The highest BCUT2D eigenvalue weighted by Gasteiger charge is 2.47. The molecular weight excluding hydrogens is 390 g/mol. The number of nitrogen functional groups attached to an aromatic ring is 1. The van der Waals surface area contributed by atoms with Gasteiger partial charge in [-0.15, -0.1) is 0 Å². The lowest BCUT2D eigenvalue weighted by molar-refractivity contribution is -0.0543. The zero-order valence-electron chi connectivity index (χ0n) is 15.0. The molecule has 4 atom stereocenters. The number of hydrogen-bond acceptors (Lipinski definition) is 9. The maximum absolute atomic E-state index is 12.3. The summed E-state index contributed by atoms with van der Waals surface area (Å²) < 4.78 is 34.2. The molecule has 10 nitrogen and oxygen atoms in total. The van der Waals surface area contributed by atoms with Crippen LogP contribution in [0, 0.1) is 0 Å². The van der Waals surface area contributed by atoms with E-state index in [0.29, 0.717) is 12.0 Å². The summed E-state index contributed by atoms with van der Waals surface area (Å²) >= 11 is 0. The van der Waals surface area contributed by atoms with E-state index in [1.807, 2.05) is 30.3 Å². The third-order valence-electron chi connectivity index (χ3n) is 4.35. The Bertz CT molecular complexity index is 994. The van der Waals surface area contributed by atoms with Crippen molar-refractivity contribution < 1.29 is 27.6 Å². The first-order chi connectivity index (χ1) is 13.2. The van der Waals surface area contributed by atoms with E-state index in [0.717, 1.165) is 16.4 Å². The number of hydrogen-bond donors (Lipinski definition) is 3. The predicted octanol–water partition coefficient (Wildman–Crippen LogP) is -0.988. The van der Waals surface area contributed by atoms with Crippen molar-refractivity contribution in [2.45, 2.75) is 31.0 Å². The van der Waals surface area contributed by atoms with Crippen molar-refractivity contribution in [3.63, 3.8) is 0 Å². The van der Waals surface area contributed by atoms with E-state index >= 15 is 0 Å². The lowest BCUT2D eigenvalue weighted by atomic mass is 10.1. The van der Waals surface area contributed by atoms with Gasteiger partial charge in [0.1, 0.15) is 24.1 Å². The summed E-state index contributed by atoms with van der Waals surface area (Å²) in [5, 5.41) is 19.9. The van der Waals surface area contributed by atoms with E-state index < -0.39 is 47.0 Å². The van der Waals surface area contributed by atoms with Gasteiger partial charge in [-0.3, -0.25) is 8.75 Å². The van der Waals surface area contributed by atoms with Gasteiger partial charge < -0.3 is 20.7 Å². The van der Waals surface area contributed by atoms with Gasteiger partial charge in [-0.2, -0.15) is 13.4 Å². The van der Waals surface area contributed by atoms with Gasteiger partial charge in [-0.05, 0) is 5.56 Å². The van der Waals surface area contributed by atoms with Crippen LogP contribution in [0.1, 0.15) is 17.4 Å². The first kappa shape index (κ1) is 20.4. The van der Waals surface area contributed by atoms with Gasteiger partial charge in [0, 0.05) is 18.2 Å². The lowest BCUT2D eigenvalue weighted by Gasteiger charge is -2.19. The highest BCUT2D eigenvalue weighted by molar-refractivity contribution is 7.86. The molecule has 4 N–H and O–H groups in total. The van der Waals surface area contributed by atoms with Crippen LogP contribution in [0.25, 0.3) is 0 Å². The highest BCUT2D eigenvalue weighted by Crippen LogP contribution is 2.31. The lowest BCUT2D eigenvalue weighted by Crippen LogP contribution is -2.39. The summed E-state index contributed by atoms with van der Waals surface area (Å²) in [6, 6.07) is 9.35. The Hall–Kier alpha value is -2.31. The van der Waals surface area contributed by atoms with Gasteiger partial charge in [0.25, 0.3) is 10.1 Å². The molecule has 0 saturated carbocycles.